The number of carbonyl (C=O) groups is 1. The Morgan fingerprint density at radius 1 is 1.12 bits per heavy atom. The Bertz CT molecular complexity index is 1370. The molecule has 0 radical (unpaired) electrons. The molecule has 0 fully saturated rings. The van der Waals surface area contributed by atoms with Crippen molar-refractivity contribution in [3.8, 4) is 11.4 Å². The number of ether oxygens (including phenoxy) is 1. The first-order valence-corrected chi connectivity index (χ1v) is 13.4. The molecule has 12 heteroatoms. The smallest absolute Gasteiger partial charge is 0.238 e. The molecule has 2 aromatic heterocycles. The lowest BCUT2D eigenvalue weighted by molar-refractivity contribution is -0.113. The van der Waals surface area contributed by atoms with Crippen LogP contribution in [0.3, 0.4) is 0 Å². The van der Waals surface area contributed by atoms with E-state index in [-0.39, 0.29) is 16.6 Å². The van der Waals surface area contributed by atoms with Gasteiger partial charge in [-0.3, -0.25) is 9.36 Å². The van der Waals surface area contributed by atoms with E-state index in [0.29, 0.717) is 17.3 Å². The minimum atomic E-state index is -3.79. The number of methoxy groups -OCH3 is 1. The van der Waals surface area contributed by atoms with Gasteiger partial charge in [-0.25, -0.2) is 13.6 Å². The number of aromatic nitrogens is 3. The maximum atomic E-state index is 12.5. The summed E-state index contributed by atoms with van der Waals surface area (Å²) in [6, 6.07) is 17.2. The predicted molar refractivity (Wildman–Crippen MR) is 132 cm³/mol. The number of carbonyl (C=O) groups excluding carboxylic acids is 1. The van der Waals surface area contributed by atoms with Gasteiger partial charge in [-0.05, 0) is 60.0 Å². The lowest BCUT2D eigenvalue weighted by atomic mass is 10.2. The molecule has 3 N–H and O–H groups in total. The van der Waals surface area contributed by atoms with Gasteiger partial charge in [0, 0.05) is 22.7 Å². The van der Waals surface area contributed by atoms with Gasteiger partial charge in [0.1, 0.15) is 11.6 Å². The maximum Gasteiger partial charge on any atom is 0.238 e. The van der Waals surface area contributed by atoms with E-state index >= 15 is 0 Å². The molecule has 2 heterocycles. The first-order valence-electron chi connectivity index (χ1n) is 10.00. The number of nitrogens with zero attached hydrogens (tertiary/aromatic N) is 3. The van der Waals surface area contributed by atoms with Gasteiger partial charge in [0.15, 0.2) is 5.16 Å². The lowest BCUT2D eigenvalue weighted by Gasteiger charge is -2.11. The summed E-state index contributed by atoms with van der Waals surface area (Å²) in [5.74, 6) is 1.31. The zero-order valence-electron chi connectivity index (χ0n) is 18.0. The van der Waals surface area contributed by atoms with E-state index in [0.717, 1.165) is 22.1 Å². The molecule has 0 atom stereocenters. The van der Waals surface area contributed by atoms with E-state index in [1.165, 1.54) is 36.0 Å². The lowest BCUT2D eigenvalue weighted by Crippen LogP contribution is -2.15. The van der Waals surface area contributed by atoms with Crippen LogP contribution >= 0.6 is 23.1 Å². The summed E-state index contributed by atoms with van der Waals surface area (Å²) in [4.78, 5) is 13.6. The number of hydrogen-bond donors (Lipinski definition) is 2. The Morgan fingerprint density at radius 3 is 2.47 bits per heavy atom. The Balaban J connectivity index is 1.50. The third kappa shape index (κ3) is 5.83. The Labute approximate surface area is 205 Å². The summed E-state index contributed by atoms with van der Waals surface area (Å²) < 4.78 is 29.9. The molecule has 1 amide bonds. The van der Waals surface area contributed by atoms with E-state index in [4.69, 9.17) is 9.88 Å². The van der Waals surface area contributed by atoms with Crippen LogP contribution in [-0.4, -0.2) is 42.0 Å². The summed E-state index contributed by atoms with van der Waals surface area (Å²) in [6.45, 7) is 0. The molecule has 4 rings (SSSR count). The number of thioether (sulfide) groups is 1. The number of rotatable bonds is 9. The van der Waals surface area contributed by atoms with Crippen LogP contribution in [0.15, 0.2) is 76.1 Å². The standard InChI is InChI=1S/C22H21N5O4S3/c1-31-17-8-6-16(7-9-17)27-20(13-18-3-2-12-32-18)25-26-22(27)33-14-21(28)24-15-4-10-19(11-5-15)34(23,29)30/h2-12H,13-14H2,1H3,(H,24,28)(H2,23,29,30). The SMILES string of the molecule is COc1ccc(-n2c(Cc3cccs3)nnc2SCC(=O)Nc2ccc(S(N)(=O)=O)cc2)cc1. The highest BCUT2D eigenvalue weighted by Gasteiger charge is 2.17. The number of anilines is 1. The molecule has 0 bridgehead atoms. The highest BCUT2D eigenvalue weighted by atomic mass is 32.2. The highest BCUT2D eigenvalue weighted by Crippen LogP contribution is 2.26. The monoisotopic (exact) mass is 515 g/mol. The Hall–Kier alpha value is -3.19. The van der Waals surface area contributed by atoms with Crippen LogP contribution in [0.5, 0.6) is 5.75 Å². The number of hydrogen-bond acceptors (Lipinski definition) is 8. The average Bonchev–Trinajstić information content (AvgIpc) is 3.48. The first kappa shape index (κ1) is 24.0. The number of benzene rings is 2. The van der Waals surface area contributed by atoms with Crippen molar-refractivity contribution in [2.45, 2.75) is 16.5 Å². The van der Waals surface area contributed by atoms with E-state index in [1.807, 2.05) is 46.3 Å². The van der Waals surface area contributed by atoms with E-state index in [2.05, 4.69) is 15.5 Å². The number of amides is 1. The zero-order chi connectivity index (χ0) is 24.1. The van der Waals surface area contributed by atoms with Gasteiger partial charge in [0.2, 0.25) is 15.9 Å². The fraction of sp³-hybridized carbons (Fsp3) is 0.136. The largest absolute Gasteiger partial charge is 0.497 e. The van der Waals surface area contributed by atoms with Gasteiger partial charge in [0.05, 0.1) is 17.8 Å². The molecule has 0 aliphatic rings. The minimum absolute atomic E-state index is 0.0225. The fourth-order valence-electron chi connectivity index (χ4n) is 3.12. The fourth-order valence-corrected chi connectivity index (χ4v) is 5.11. The Morgan fingerprint density at radius 2 is 1.85 bits per heavy atom. The number of primary sulfonamides is 1. The summed E-state index contributed by atoms with van der Waals surface area (Å²) in [5.41, 5.74) is 1.33. The quantitative estimate of drug-likeness (QED) is 0.327. The molecule has 4 aromatic rings. The molecular formula is C22H21N5O4S3. The summed E-state index contributed by atoms with van der Waals surface area (Å²) in [6.07, 6.45) is 0.611. The second-order valence-corrected chi connectivity index (χ2v) is 10.6. The van der Waals surface area contributed by atoms with Crippen LogP contribution in [0.1, 0.15) is 10.7 Å². The normalized spacial score (nSPS) is 11.4. The highest BCUT2D eigenvalue weighted by molar-refractivity contribution is 7.99. The second kappa shape index (κ2) is 10.4. The average molecular weight is 516 g/mol. The topological polar surface area (TPSA) is 129 Å². The van der Waals surface area contributed by atoms with E-state index < -0.39 is 10.0 Å². The summed E-state index contributed by atoms with van der Waals surface area (Å²) in [5, 5.41) is 19.1. The molecule has 0 spiro atoms. The van der Waals surface area contributed by atoms with Crippen molar-refractivity contribution in [3.63, 3.8) is 0 Å². The molecule has 0 aliphatic carbocycles. The number of sulfonamides is 1. The third-order valence-electron chi connectivity index (χ3n) is 4.74. The van der Waals surface area contributed by atoms with Crippen LogP contribution in [0, 0.1) is 0 Å². The molecule has 0 saturated heterocycles. The van der Waals surface area contributed by atoms with E-state index in [9.17, 15) is 13.2 Å². The van der Waals surface area contributed by atoms with Gasteiger partial charge in [-0.1, -0.05) is 17.8 Å². The van der Waals surface area contributed by atoms with Gasteiger partial charge < -0.3 is 10.1 Å². The Kier molecular flexibility index (Phi) is 7.32. The minimum Gasteiger partial charge on any atom is -0.497 e. The van der Waals surface area contributed by atoms with Crippen LogP contribution in [0.4, 0.5) is 5.69 Å². The van der Waals surface area contributed by atoms with Crippen LogP contribution in [0.2, 0.25) is 0 Å². The molecule has 34 heavy (non-hydrogen) atoms. The molecule has 176 valence electrons. The first-order chi connectivity index (χ1) is 16.3. The zero-order valence-corrected chi connectivity index (χ0v) is 20.5. The van der Waals surface area contributed by atoms with Crippen molar-refractivity contribution in [3.05, 3.63) is 76.7 Å². The molecule has 0 unspecified atom stereocenters. The van der Waals surface area contributed by atoms with Gasteiger partial charge in [-0.15, -0.1) is 21.5 Å². The second-order valence-electron chi connectivity index (χ2n) is 7.09. The molecule has 0 saturated carbocycles. The van der Waals surface area contributed by atoms with Gasteiger partial charge in [0.25, 0.3) is 0 Å². The van der Waals surface area contributed by atoms with Crippen molar-refractivity contribution in [1.82, 2.24) is 14.8 Å². The van der Waals surface area contributed by atoms with Gasteiger partial charge >= 0.3 is 0 Å². The molecule has 9 nitrogen and oxygen atoms in total. The van der Waals surface area contributed by atoms with Crippen molar-refractivity contribution < 1.29 is 17.9 Å². The number of nitrogens with two attached hydrogens (primary N) is 1. The van der Waals surface area contributed by atoms with Crippen molar-refractivity contribution in [1.29, 1.82) is 0 Å². The molecule has 0 aliphatic heterocycles. The van der Waals surface area contributed by atoms with Crippen LogP contribution in [0.25, 0.3) is 5.69 Å². The number of thiophene rings is 1. The van der Waals surface area contributed by atoms with Crippen molar-refractivity contribution in [2.75, 3.05) is 18.2 Å². The molecular weight excluding hydrogens is 494 g/mol. The predicted octanol–water partition coefficient (Wildman–Crippen LogP) is 3.31. The van der Waals surface area contributed by atoms with Crippen molar-refractivity contribution in [2.24, 2.45) is 5.14 Å². The maximum absolute atomic E-state index is 12.5. The third-order valence-corrected chi connectivity index (χ3v) is 7.48. The summed E-state index contributed by atoms with van der Waals surface area (Å²) in [7, 11) is -2.18. The van der Waals surface area contributed by atoms with Crippen LogP contribution in [-0.2, 0) is 21.2 Å². The summed E-state index contributed by atoms with van der Waals surface area (Å²) >= 11 is 2.90. The van der Waals surface area contributed by atoms with Crippen molar-refractivity contribution >= 4 is 44.7 Å². The van der Waals surface area contributed by atoms with E-state index in [1.54, 1.807) is 18.4 Å². The number of nitrogens with one attached hydrogen (secondary N) is 1. The van der Waals surface area contributed by atoms with Gasteiger partial charge in [-0.2, -0.15) is 0 Å². The molecule has 2 aromatic carbocycles. The van der Waals surface area contributed by atoms with Crippen LogP contribution < -0.4 is 15.2 Å².